The summed E-state index contributed by atoms with van der Waals surface area (Å²) in [5.41, 5.74) is 8.18. The molecule has 0 atom stereocenters. The first kappa shape index (κ1) is 20.7. The third-order valence-corrected chi connectivity index (χ3v) is 6.06. The summed E-state index contributed by atoms with van der Waals surface area (Å²) in [6, 6.07) is 14.2. The standard InChI is InChI=1S/C25H25ClN6/c1-16-12-17(2)23(20(26)13-16)32-24-21(9-7-11-28-24)31-22(18(3)29-25(31)32)15-30(4)14-19-8-5-6-10-27-19/h5-13H,14-15H2,1-4H3. The van der Waals surface area contributed by atoms with E-state index in [1.807, 2.05) is 42.7 Å². The largest absolute Gasteiger partial charge is 0.295 e. The summed E-state index contributed by atoms with van der Waals surface area (Å²) >= 11 is 6.75. The minimum absolute atomic E-state index is 0.696. The van der Waals surface area contributed by atoms with Crippen LogP contribution in [0.1, 0.15) is 28.2 Å². The van der Waals surface area contributed by atoms with E-state index >= 15 is 0 Å². The Labute approximate surface area is 192 Å². The molecule has 0 aliphatic carbocycles. The molecule has 0 spiro atoms. The molecule has 0 saturated carbocycles. The van der Waals surface area contributed by atoms with Crippen molar-refractivity contribution in [3.63, 3.8) is 0 Å². The number of fused-ring (bicyclic) bond motifs is 3. The zero-order valence-electron chi connectivity index (χ0n) is 18.7. The highest BCUT2D eigenvalue weighted by atomic mass is 35.5. The van der Waals surface area contributed by atoms with Gasteiger partial charge in [0.15, 0.2) is 5.65 Å². The van der Waals surface area contributed by atoms with Gasteiger partial charge in [-0.1, -0.05) is 23.7 Å². The SMILES string of the molecule is Cc1cc(C)c(-n2c3ncccc3n3c(CN(C)Cc4ccccn4)c(C)nc23)c(Cl)c1. The molecule has 32 heavy (non-hydrogen) atoms. The first-order chi connectivity index (χ1) is 15.4. The van der Waals surface area contributed by atoms with Crippen LogP contribution in [0.3, 0.4) is 0 Å². The predicted molar refractivity (Wildman–Crippen MR) is 128 cm³/mol. The molecule has 5 aromatic rings. The number of halogens is 1. The van der Waals surface area contributed by atoms with Gasteiger partial charge in [0.2, 0.25) is 5.78 Å². The Balaban J connectivity index is 1.68. The molecule has 0 saturated heterocycles. The van der Waals surface area contributed by atoms with Crippen LogP contribution in [0.5, 0.6) is 0 Å². The van der Waals surface area contributed by atoms with Crippen LogP contribution in [0, 0.1) is 20.8 Å². The van der Waals surface area contributed by atoms with E-state index in [4.69, 9.17) is 21.6 Å². The summed E-state index contributed by atoms with van der Waals surface area (Å²) in [4.78, 5) is 16.4. The van der Waals surface area contributed by atoms with Crippen LogP contribution in [-0.2, 0) is 13.1 Å². The maximum Gasteiger partial charge on any atom is 0.221 e. The minimum Gasteiger partial charge on any atom is -0.295 e. The van der Waals surface area contributed by atoms with Crippen molar-refractivity contribution in [1.29, 1.82) is 0 Å². The first-order valence-electron chi connectivity index (χ1n) is 10.6. The summed E-state index contributed by atoms with van der Waals surface area (Å²) in [6.45, 7) is 7.69. The number of imidazole rings is 2. The molecule has 162 valence electrons. The fourth-order valence-electron chi connectivity index (χ4n) is 4.44. The number of aromatic nitrogens is 5. The van der Waals surface area contributed by atoms with E-state index in [9.17, 15) is 0 Å². The molecular weight excluding hydrogens is 420 g/mol. The molecular formula is C25H25ClN6. The second kappa shape index (κ2) is 8.04. The lowest BCUT2D eigenvalue weighted by Gasteiger charge is -2.16. The van der Waals surface area contributed by atoms with E-state index in [0.717, 1.165) is 63.9 Å². The van der Waals surface area contributed by atoms with Gasteiger partial charge in [-0.05, 0) is 69.3 Å². The number of rotatable bonds is 5. The number of nitrogens with zero attached hydrogens (tertiary/aromatic N) is 6. The van der Waals surface area contributed by atoms with Gasteiger partial charge >= 0.3 is 0 Å². The van der Waals surface area contributed by atoms with Gasteiger partial charge in [-0.15, -0.1) is 0 Å². The molecule has 0 aliphatic rings. The summed E-state index contributed by atoms with van der Waals surface area (Å²) in [5, 5.41) is 0.696. The second-order valence-corrected chi connectivity index (χ2v) is 8.77. The normalized spacial score (nSPS) is 11.8. The Bertz CT molecular complexity index is 1410. The molecule has 0 fully saturated rings. The minimum atomic E-state index is 0.696. The predicted octanol–water partition coefficient (Wildman–Crippen LogP) is 5.28. The summed E-state index contributed by atoms with van der Waals surface area (Å²) in [5.74, 6) is 0.825. The fourth-order valence-corrected chi connectivity index (χ4v) is 4.85. The number of aryl methyl sites for hydroxylation is 3. The van der Waals surface area contributed by atoms with E-state index in [2.05, 4.69) is 58.8 Å². The van der Waals surface area contributed by atoms with Gasteiger partial charge in [-0.25, -0.2) is 9.97 Å². The van der Waals surface area contributed by atoms with Gasteiger partial charge in [-0.3, -0.25) is 18.9 Å². The zero-order chi connectivity index (χ0) is 22.4. The molecule has 0 unspecified atom stereocenters. The van der Waals surface area contributed by atoms with Crippen LogP contribution in [-0.4, -0.2) is 35.9 Å². The summed E-state index contributed by atoms with van der Waals surface area (Å²) < 4.78 is 4.30. The fraction of sp³-hybridized carbons (Fsp3) is 0.240. The van der Waals surface area contributed by atoms with Gasteiger partial charge in [-0.2, -0.15) is 0 Å². The van der Waals surface area contributed by atoms with Gasteiger partial charge in [0.1, 0.15) is 0 Å². The lowest BCUT2D eigenvalue weighted by atomic mass is 10.1. The molecule has 4 aromatic heterocycles. The van der Waals surface area contributed by atoms with E-state index in [-0.39, 0.29) is 0 Å². The van der Waals surface area contributed by atoms with E-state index in [0.29, 0.717) is 5.02 Å². The lowest BCUT2D eigenvalue weighted by Crippen LogP contribution is -2.19. The molecule has 0 N–H and O–H groups in total. The van der Waals surface area contributed by atoms with Crippen molar-refractivity contribution < 1.29 is 0 Å². The average molecular weight is 445 g/mol. The van der Waals surface area contributed by atoms with Crippen molar-refractivity contribution in [3.8, 4) is 5.69 Å². The number of hydrogen-bond acceptors (Lipinski definition) is 4. The highest BCUT2D eigenvalue weighted by Gasteiger charge is 2.23. The molecule has 6 nitrogen and oxygen atoms in total. The summed E-state index contributed by atoms with van der Waals surface area (Å²) in [7, 11) is 2.10. The maximum atomic E-state index is 6.75. The molecule has 1 aromatic carbocycles. The van der Waals surface area contributed by atoms with Crippen molar-refractivity contribution in [2.24, 2.45) is 0 Å². The Kier molecular flexibility index (Phi) is 5.19. The monoisotopic (exact) mass is 444 g/mol. The Morgan fingerprint density at radius 2 is 1.78 bits per heavy atom. The molecule has 0 aliphatic heterocycles. The van der Waals surface area contributed by atoms with Crippen molar-refractivity contribution in [2.75, 3.05) is 7.05 Å². The first-order valence-corrected chi connectivity index (χ1v) is 11.0. The van der Waals surface area contributed by atoms with E-state index in [1.54, 1.807) is 0 Å². The maximum absolute atomic E-state index is 6.75. The molecule has 4 heterocycles. The van der Waals surface area contributed by atoms with Crippen LogP contribution in [0.25, 0.3) is 22.6 Å². The quantitative estimate of drug-likeness (QED) is 0.370. The van der Waals surface area contributed by atoms with Crippen molar-refractivity contribution >= 4 is 28.5 Å². The Hall–Kier alpha value is -3.22. The van der Waals surface area contributed by atoms with Crippen molar-refractivity contribution in [2.45, 2.75) is 33.9 Å². The molecule has 7 heteroatoms. The second-order valence-electron chi connectivity index (χ2n) is 8.37. The molecule has 0 radical (unpaired) electrons. The van der Waals surface area contributed by atoms with Crippen LogP contribution in [0.2, 0.25) is 5.02 Å². The zero-order valence-corrected chi connectivity index (χ0v) is 19.4. The summed E-state index contributed by atoms with van der Waals surface area (Å²) in [6.07, 6.45) is 3.65. The van der Waals surface area contributed by atoms with Gasteiger partial charge in [0.25, 0.3) is 0 Å². The van der Waals surface area contributed by atoms with Crippen molar-refractivity contribution in [3.05, 3.63) is 88.1 Å². The Morgan fingerprint density at radius 3 is 2.53 bits per heavy atom. The molecule has 0 bridgehead atoms. The third kappa shape index (κ3) is 3.45. The van der Waals surface area contributed by atoms with Crippen LogP contribution < -0.4 is 0 Å². The van der Waals surface area contributed by atoms with Crippen molar-refractivity contribution in [1.82, 2.24) is 28.8 Å². The van der Waals surface area contributed by atoms with E-state index in [1.165, 1.54) is 0 Å². The number of hydrogen-bond donors (Lipinski definition) is 0. The van der Waals surface area contributed by atoms with Crippen LogP contribution in [0.15, 0.2) is 54.9 Å². The van der Waals surface area contributed by atoms with Gasteiger partial charge < -0.3 is 0 Å². The smallest absolute Gasteiger partial charge is 0.221 e. The van der Waals surface area contributed by atoms with Gasteiger partial charge in [0, 0.05) is 25.5 Å². The topological polar surface area (TPSA) is 51.2 Å². The number of pyridine rings is 2. The van der Waals surface area contributed by atoms with Gasteiger partial charge in [0.05, 0.1) is 33.3 Å². The van der Waals surface area contributed by atoms with Crippen LogP contribution in [0.4, 0.5) is 0 Å². The highest BCUT2D eigenvalue weighted by Crippen LogP contribution is 2.33. The lowest BCUT2D eigenvalue weighted by molar-refractivity contribution is 0.310. The molecule has 0 amide bonds. The molecule has 5 rings (SSSR count). The number of benzene rings is 1. The highest BCUT2D eigenvalue weighted by molar-refractivity contribution is 6.32. The van der Waals surface area contributed by atoms with Crippen LogP contribution >= 0.6 is 11.6 Å². The Morgan fingerprint density at radius 1 is 0.969 bits per heavy atom. The van der Waals surface area contributed by atoms with E-state index < -0.39 is 0 Å². The average Bonchev–Trinajstić information content (AvgIpc) is 3.22. The third-order valence-electron chi connectivity index (χ3n) is 5.77.